The molecule has 1 aliphatic rings. The van der Waals surface area contributed by atoms with E-state index in [9.17, 15) is 4.79 Å². The van der Waals surface area contributed by atoms with Gasteiger partial charge in [0.1, 0.15) is 0 Å². The topological polar surface area (TPSA) is 54.1 Å². The minimum atomic E-state index is -0.000738. The van der Waals surface area contributed by atoms with Crippen LogP contribution in [-0.2, 0) is 4.74 Å². The van der Waals surface area contributed by atoms with Gasteiger partial charge >= 0.3 is 0 Å². The van der Waals surface area contributed by atoms with Crippen molar-refractivity contribution in [2.75, 3.05) is 7.11 Å². The number of H-pyrrole nitrogens is 1. The first-order chi connectivity index (χ1) is 9.28. The third-order valence-corrected chi connectivity index (χ3v) is 3.89. The summed E-state index contributed by atoms with van der Waals surface area (Å²) >= 11 is 0. The molecular weight excluding hydrogens is 240 g/mol. The fraction of sp³-hybridized carbons (Fsp3) is 0.400. The second kappa shape index (κ2) is 5.05. The first kappa shape index (κ1) is 12.2. The third kappa shape index (κ3) is 2.36. The highest BCUT2D eigenvalue weighted by molar-refractivity contribution is 6.06. The summed E-state index contributed by atoms with van der Waals surface area (Å²) in [5.74, 6) is -0.000738. The van der Waals surface area contributed by atoms with Crippen molar-refractivity contribution >= 4 is 16.8 Å². The molecule has 1 aromatic heterocycles. The molecule has 0 bridgehead atoms. The molecule has 100 valence electrons. The first-order valence-corrected chi connectivity index (χ1v) is 6.67. The van der Waals surface area contributed by atoms with Crippen molar-refractivity contribution in [3.63, 3.8) is 0 Å². The average molecular weight is 258 g/mol. The number of hydrogen-bond donors (Lipinski definition) is 2. The van der Waals surface area contributed by atoms with Crippen molar-refractivity contribution < 1.29 is 9.53 Å². The van der Waals surface area contributed by atoms with Crippen LogP contribution in [0.2, 0.25) is 0 Å². The van der Waals surface area contributed by atoms with Gasteiger partial charge in [-0.1, -0.05) is 18.2 Å². The molecule has 2 aromatic rings. The Morgan fingerprint density at radius 3 is 3.00 bits per heavy atom. The number of benzene rings is 1. The molecule has 3 rings (SSSR count). The minimum absolute atomic E-state index is 0.000738. The Labute approximate surface area is 112 Å². The lowest BCUT2D eigenvalue weighted by Crippen LogP contribution is -2.33. The Morgan fingerprint density at radius 2 is 2.21 bits per heavy atom. The zero-order valence-corrected chi connectivity index (χ0v) is 11.0. The van der Waals surface area contributed by atoms with Gasteiger partial charge in [0.05, 0.1) is 11.7 Å². The Kier molecular flexibility index (Phi) is 3.25. The SMILES string of the molecule is COC1CCC(NC(=O)c2c[nH]c3ccccc23)C1. The average Bonchev–Trinajstić information content (AvgIpc) is 3.04. The molecule has 2 atom stereocenters. The van der Waals surface area contributed by atoms with Gasteiger partial charge in [0.25, 0.3) is 5.91 Å². The molecule has 0 radical (unpaired) electrons. The van der Waals surface area contributed by atoms with Gasteiger partial charge in [-0.25, -0.2) is 0 Å². The zero-order valence-electron chi connectivity index (χ0n) is 11.0. The van der Waals surface area contributed by atoms with Gasteiger partial charge < -0.3 is 15.0 Å². The number of carbonyl (C=O) groups excluding carboxylic acids is 1. The molecular formula is C15H18N2O2. The predicted molar refractivity (Wildman–Crippen MR) is 74.2 cm³/mol. The number of aromatic amines is 1. The Balaban J connectivity index is 1.74. The maximum Gasteiger partial charge on any atom is 0.253 e. The molecule has 1 aromatic carbocycles. The maximum atomic E-state index is 12.3. The Hall–Kier alpha value is -1.81. The maximum absolute atomic E-state index is 12.3. The fourth-order valence-electron chi connectivity index (χ4n) is 2.81. The number of hydrogen-bond acceptors (Lipinski definition) is 2. The van der Waals surface area contributed by atoms with E-state index in [-0.39, 0.29) is 18.1 Å². The molecule has 0 spiro atoms. The van der Waals surface area contributed by atoms with Crippen LogP contribution in [0.5, 0.6) is 0 Å². The number of amides is 1. The van der Waals surface area contributed by atoms with Gasteiger partial charge in [-0.05, 0) is 25.3 Å². The van der Waals surface area contributed by atoms with Gasteiger partial charge in [-0.15, -0.1) is 0 Å². The van der Waals surface area contributed by atoms with Gasteiger partial charge in [0, 0.05) is 30.3 Å². The van der Waals surface area contributed by atoms with E-state index >= 15 is 0 Å². The summed E-state index contributed by atoms with van der Waals surface area (Å²) in [6, 6.07) is 8.08. The number of aromatic nitrogens is 1. The van der Waals surface area contributed by atoms with Crippen LogP contribution >= 0.6 is 0 Å². The van der Waals surface area contributed by atoms with Gasteiger partial charge in [-0.2, -0.15) is 0 Å². The normalized spacial score (nSPS) is 22.8. The third-order valence-electron chi connectivity index (χ3n) is 3.89. The number of fused-ring (bicyclic) bond motifs is 1. The number of para-hydroxylation sites is 1. The summed E-state index contributed by atoms with van der Waals surface area (Å²) in [7, 11) is 1.73. The Morgan fingerprint density at radius 1 is 1.37 bits per heavy atom. The zero-order chi connectivity index (χ0) is 13.2. The molecule has 2 unspecified atom stereocenters. The van der Waals surface area contributed by atoms with Crippen LogP contribution in [0, 0.1) is 0 Å². The van der Waals surface area contributed by atoms with Gasteiger partial charge in [0.15, 0.2) is 0 Å². The summed E-state index contributed by atoms with van der Waals surface area (Å²) in [5.41, 5.74) is 1.71. The van der Waals surface area contributed by atoms with Crippen molar-refractivity contribution in [2.24, 2.45) is 0 Å². The highest BCUT2D eigenvalue weighted by Crippen LogP contribution is 2.23. The van der Waals surface area contributed by atoms with E-state index in [0.29, 0.717) is 0 Å². The number of rotatable bonds is 3. The van der Waals surface area contributed by atoms with Crippen LogP contribution in [0.1, 0.15) is 29.6 Å². The minimum Gasteiger partial charge on any atom is -0.381 e. The molecule has 1 saturated carbocycles. The molecule has 1 aliphatic carbocycles. The largest absolute Gasteiger partial charge is 0.381 e. The van der Waals surface area contributed by atoms with E-state index in [2.05, 4.69) is 10.3 Å². The van der Waals surface area contributed by atoms with E-state index in [0.717, 1.165) is 35.7 Å². The molecule has 1 amide bonds. The van der Waals surface area contributed by atoms with Crippen molar-refractivity contribution in [3.05, 3.63) is 36.0 Å². The predicted octanol–water partition coefficient (Wildman–Crippen LogP) is 2.47. The van der Waals surface area contributed by atoms with Crippen molar-refractivity contribution in [3.8, 4) is 0 Å². The van der Waals surface area contributed by atoms with E-state index in [1.165, 1.54) is 0 Å². The van der Waals surface area contributed by atoms with Gasteiger partial charge in [-0.3, -0.25) is 4.79 Å². The lowest BCUT2D eigenvalue weighted by atomic mass is 10.1. The van der Waals surface area contributed by atoms with E-state index in [1.807, 2.05) is 24.3 Å². The van der Waals surface area contributed by atoms with Crippen LogP contribution in [-0.4, -0.2) is 30.1 Å². The highest BCUT2D eigenvalue weighted by Gasteiger charge is 2.26. The van der Waals surface area contributed by atoms with E-state index in [4.69, 9.17) is 4.74 Å². The van der Waals surface area contributed by atoms with Crippen molar-refractivity contribution in [1.29, 1.82) is 0 Å². The van der Waals surface area contributed by atoms with Crippen molar-refractivity contribution in [2.45, 2.75) is 31.4 Å². The quantitative estimate of drug-likeness (QED) is 0.888. The molecule has 1 heterocycles. The van der Waals surface area contributed by atoms with Crippen LogP contribution in [0.15, 0.2) is 30.5 Å². The summed E-state index contributed by atoms with van der Waals surface area (Å²) < 4.78 is 5.33. The second-order valence-electron chi connectivity index (χ2n) is 5.09. The summed E-state index contributed by atoms with van der Waals surface area (Å²) in [4.78, 5) is 15.4. The number of methoxy groups -OCH3 is 1. The number of ether oxygens (including phenoxy) is 1. The Bertz CT molecular complexity index is 591. The molecule has 2 N–H and O–H groups in total. The smallest absolute Gasteiger partial charge is 0.253 e. The highest BCUT2D eigenvalue weighted by atomic mass is 16.5. The van der Waals surface area contributed by atoms with Gasteiger partial charge in [0.2, 0.25) is 0 Å². The van der Waals surface area contributed by atoms with E-state index < -0.39 is 0 Å². The molecule has 0 saturated heterocycles. The molecule has 19 heavy (non-hydrogen) atoms. The molecule has 1 fully saturated rings. The van der Waals surface area contributed by atoms with Crippen LogP contribution in [0.25, 0.3) is 10.9 Å². The number of carbonyl (C=O) groups is 1. The van der Waals surface area contributed by atoms with Crippen LogP contribution in [0.4, 0.5) is 0 Å². The fourth-order valence-corrected chi connectivity index (χ4v) is 2.81. The lowest BCUT2D eigenvalue weighted by Gasteiger charge is -2.12. The monoisotopic (exact) mass is 258 g/mol. The summed E-state index contributed by atoms with van der Waals surface area (Å²) in [5, 5.41) is 4.07. The standard InChI is InChI=1S/C15H18N2O2/c1-19-11-7-6-10(8-11)17-15(18)13-9-16-14-5-3-2-4-12(13)14/h2-5,9-11,16H,6-8H2,1H3,(H,17,18). The molecule has 4 heteroatoms. The number of nitrogens with one attached hydrogen (secondary N) is 2. The van der Waals surface area contributed by atoms with Crippen molar-refractivity contribution in [1.82, 2.24) is 10.3 Å². The second-order valence-corrected chi connectivity index (χ2v) is 5.09. The summed E-state index contributed by atoms with van der Waals surface area (Å²) in [6.07, 6.45) is 4.99. The van der Waals surface area contributed by atoms with Crippen LogP contribution in [0.3, 0.4) is 0 Å². The van der Waals surface area contributed by atoms with E-state index in [1.54, 1.807) is 13.3 Å². The lowest BCUT2D eigenvalue weighted by molar-refractivity contribution is 0.0916. The summed E-state index contributed by atoms with van der Waals surface area (Å²) in [6.45, 7) is 0. The molecule has 0 aliphatic heterocycles. The van der Waals surface area contributed by atoms with Crippen LogP contribution < -0.4 is 5.32 Å². The first-order valence-electron chi connectivity index (χ1n) is 6.67. The molecule has 4 nitrogen and oxygen atoms in total.